The Morgan fingerprint density at radius 3 is 2.35 bits per heavy atom. The zero-order valence-corrected chi connectivity index (χ0v) is 12.2. The van der Waals surface area contributed by atoms with Gasteiger partial charge in [0, 0.05) is 17.1 Å². The molecule has 1 unspecified atom stereocenters. The van der Waals surface area contributed by atoms with Crippen LogP contribution in [0.3, 0.4) is 0 Å². The highest BCUT2D eigenvalue weighted by atomic mass is 35.5. The second kappa shape index (κ2) is 6.25. The summed E-state index contributed by atoms with van der Waals surface area (Å²) in [5.74, 6) is 0.327. The average molecular weight is 294 g/mol. The molecule has 1 atom stereocenters. The summed E-state index contributed by atoms with van der Waals surface area (Å²) in [6.07, 6.45) is -0.517. The standard InChI is InChI=1S/C16H17ClFNO/c1-10-7-12(8-11(2)16(10)17)20-15(9-19)13-5-3-4-6-14(13)18/h3-8,15H,9,19H2,1-2H3. The Morgan fingerprint density at radius 1 is 1.20 bits per heavy atom. The van der Waals surface area contributed by atoms with Gasteiger partial charge in [-0.1, -0.05) is 29.8 Å². The highest BCUT2D eigenvalue weighted by molar-refractivity contribution is 6.32. The summed E-state index contributed by atoms with van der Waals surface area (Å²) in [5, 5.41) is 0.715. The van der Waals surface area contributed by atoms with Crippen LogP contribution in [0.5, 0.6) is 5.75 Å². The summed E-state index contributed by atoms with van der Waals surface area (Å²) >= 11 is 6.12. The van der Waals surface area contributed by atoms with Crippen LogP contribution in [0.4, 0.5) is 4.39 Å². The molecule has 0 heterocycles. The molecule has 0 amide bonds. The van der Waals surface area contributed by atoms with Crippen molar-refractivity contribution in [2.75, 3.05) is 6.54 Å². The van der Waals surface area contributed by atoms with Gasteiger partial charge in [0.2, 0.25) is 0 Å². The van der Waals surface area contributed by atoms with Crippen LogP contribution < -0.4 is 10.5 Å². The van der Waals surface area contributed by atoms with Gasteiger partial charge in [-0.15, -0.1) is 0 Å². The fourth-order valence-electron chi connectivity index (χ4n) is 2.11. The third-order valence-electron chi connectivity index (χ3n) is 3.15. The van der Waals surface area contributed by atoms with Crippen LogP contribution in [0.25, 0.3) is 0 Å². The van der Waals surface area contributed by atoms with Crippen LogP contribution in [-0.2, 0) is 0 Å². The molecule has 0 spiro atoms. The number of hydrogen-bond donors (Lipinski definition) is 1. The van der Waals surface area contributed by atoms with Crippen molar-refractivity contribution in [1.29, 1.82) is 0 Å². The lowest BCUT2D eigenvalue weighted by Crippen LogP contribution is -2.19. The maximum atomic E-state index is 13.8. The van der Waals surface area contributed by atoms with Gasteiger partial charge in [0.1, 0.15) is 17.7 Å². The van der Waals surface area contributed by atoms with Crippen LogP contribution in [0.15, 0.2) is 36.4 Å². The van der Waals surface area contributed by atoms with Crippen molar-refractivity contribution in [3.8, 4) is 5.75 Å². The van der Waals surface area contributed by atoms with Crippen molar-refractivity contribution >= 4 is 11.6 Å². The number of hydrogen-bond acceptors (Lipinski definition) is 2. The van der Waals surface area contributed by atoms with Gasteiger partial charge in [0.15, 0.2) is 0 Å². The Hall–Kier alpha value is -1.58. The first-order valence-electron chi connectivity index (χ1n) is 6.41. The minimum Gasteiger partial charge on any atom is -0.484 e. The lowest BCUT2D eigenvalue weighted by molar-refractivity contribution is 0.209. The van der Waals surface area contributed by atoms with Crippen molar-refractivity contribution in [1.82, 2.24) is 0 Å². The fraction of sp³-hybridized carbons (Fsp3) is 0.250. The maximum Gasteiger partial charge on any atom is 0.139 e. The minimum atomic E-state index is -0.517. The van der Waals surface area contributed by atoms with Gasteiger partial charge in [0.25, 0.3) is 0 Å². The Labute approximate surface area is 123 Å². The SMILES string of the molecule is Cc1cc(OC(CN)c2ccccc2F)cc(C)c1Cl. The van der Waals surface area contributed by atoms with E-state index < -0.39 is 6.10 Å². The van der Waals surface area contributed by atoms with Crippen LogP contribution in [0, 0.1) is 19.7 Å². The summed E-state index contributed by atoms with van der Waals surface area (Å²) in [6, 6.07) is 10.2. The number of rotatable bonds is 4. The van der Waals surface area contributed by atoms with Gasteiger partial charge in [-0.25, -0.2) is 4.39 Å². The van der Waals surface area contributed by atoms with E-state index in [2.05, 4.69) is 0 Å². The fourth-order valence-corrected chi connectivity index (χ4v) is 2.22. The van der Waals surface area contributed by atoms with E-state index in [1.54, 1.807) is 18.2 Å². The van der Waals surface area contributed by atoms with E-state index in [0.29, 0.717) is 16.3 Å². The molecule has 0 aliphatic carbocycles. The molecule has 0 saturated heterocycles. The van der Waals surface area contributed by atoms with E-state index in [-0.39, 0.29) is 12.4 Å². The smallest absolute Gasteiger partial charge is 0.139 e. The van der Waals surface area contributed by atoms with Gasteiger partial charge in [-0.2, -0.15) is 0 Å². The van der Waals surface area contributed by atoms with Gasteiger partial charge in [-0.3, -0.25) is 0 Å². The predicted octanol–water partition coefficient (Wildman–Crippen LogP) is 4.17. The first kappa shape index (κ1) is 14.8. The molecule has 0 radical (unpaired) electrons. The minimum absolute atomic E-state index is 0.196. The molecule has 4 heteroatoms. The highest BCUT2D eigenvalue weighted by Crippen LogP contribution is 2.29. The molecular weight excluding hydrogens is 277 g/mol. The zero-order chi connectivity index (χ0) is 14.7. The van der Waals surface area contributed by atoms with Crippen LogP contribution in [0.2, 0.25) is 5.02 Å². The third kappa shape index (κ3) is 3.11. The molecule has 20 heavy (non-hydrogen) atoms. The summed E-state index contributed by atoms with van der Waals surface area (Å²) in [4.78, 5) is 0. The quantitative estimate of drug-likeness (QED) is 0.918. The van der Waals surface area contributed by atoms with Crippen molar-refractivity contribution in [2.45, 2.75) is 20.0 Å². The molecule has 0 bridgehead atoms. The van der Waals surface area contributed by atoms with E-state index in [0.717, 1.165) is 11.1 Å². The molecule has 2 aromatic carbocycles. The molecule has 2 nitrogen and oxygen atoms in total. The highest BCUT2D eigenvalue weighted by Gasteiger charge is 2.16. The zero-order valence-electron chi connectivity index (χ0n) is 11.5. The summed E-state index contributed by atoms with van der Waals surface area (Å²) in [7, 11) is 0. The molecule has 2 rings (SSSR count). The maximum absolute atomic E-state index is 13.8. The molecule has 2 aromatic rings. The van der Waals surface area contributed by atoms with Crippen molar-refractivity contribution in [3.63, 3.8) is 0 Å². The number of aryl methyl sites for hydroxylation is 2. The Kier molecular flexibility index (Phi) is 4.63. The van der Waals surface area contributed by atoms with Crippen molar-refractivity contribution in [2.24, 2.45) is 5.73 Å². The number of halogens is 2. The van der Waals surface area contributed by atoms with Gasteiger partial charge in [-0.05, 0) is 43.2 Å². The molecule has 2 N–H and O–H groups in total. The number of nitrogens with two attached hydrogens (primary N) is 1. The van der Waals surface area contributed by atoms with E-state index in [1.165, 1.54) is 6.07 Å². The summed E-state index contributed by atoms with van der Waals surface area (Å²) < 4.78 is 19.6. The van der Waals surface area contributed by atoms with E-state index in [1.807, 2.05) is 26.0 Å². The first-order valence-corrected chi connectivity index (χ1v) is 6.78. The topological polar surface area (TPSA) is 35.2 Å². The number of benzene rings is 2. The van der Waals surface area contributed by atoms with E-state index in [9.17, 15) is 4.39 Å². The second-order valence-corrected chi connectivity index (χ2v) is 5.11. The van der Waals surface area contributed by atoms with Gasteiger partial charge in [0.05, 0.1) is 0 Å². The summed E-state index contributed by atoms with van der Waals surface area (Å²) in [6.45, 7) is 4.01. The van der Waals surface area contributed by atoms with E-state index >= 15 is 0 Å². The molecule has 0 aromatic heterocycles. The summed E-state index contributed by atoms with van der Waals surface area (Å²) in [5.41, 5.74) is 8.01. The first-order chi connectivity index (χ1) is 9.52. The molecule has 106 valence electrons. The predicted molar refractivity (Wildman–Crippen MR) is 79.7 cm³/mol. The molecular formula is C16H17ClFNO. The van der Waals surface area contributed by atoms with Crippen molar-refractivity contribution < 1.29 is 9.13 Å². The van der Waals surface area contributed by atoms with Gasteiger partial charge < -0.3 is 10.5 Å². The Bertz CT molecular complexity index is 592. The lowest BCUT2D eigenvalue weighted by atomic mass is 10.1. The largest absolute Gasteiger partial charge is 0.484 e. The third-order valence-corrected chi connectivity index (χ3v) is 3.75. The molecule has 0 aliphatic rings. The van der Waals surface area contributed by atoms with Crippen LogP contribution in [-0.4, -0.2) is 6.54 Å². The number of ether oxygens (including phenoxy) is 1. The average Bonchev–Trinajstić information content (AvgIpc) is 2.43. The van der Waals surface area contributed by atoms with Gasteiger partial charge >= 0.3 is 0 Å². The van der Waals surface area contributed by atoms with Crippen LogP contribution in [0.1, 0.15) is 22.8 Å². The van der Waals surface area contributed by atoms with E-state index in [4.69, 9.17) is 22.1 Å². The molecule has 0 fully saturated rings. The monoisotopic (exact) mass is 293 g/mol. The normalized spacial score (nSPS) is 12.2. The Morgan fingerprint density at radius 2 is 1.80 bits per heavy atom. The van der Waals surface area contributed by atoms with Crippen molar-refractivity contribution in [3.05, 3.63) is 63.9 Å². The lowest BCUT2D eigenvalue weighted by Gasteiger charge is -2.19. The van der Waals surface area contributed by atoms with Crippen LogP contribution >= 0.6 is 11.6 Å². The Balaban J connectivity index is 2.30. The molecule has 0 saturated carbocycles. The molecule has 0 aliphatic heterocycles. The second-order valence-electron chi connectivity index (χ2n) is 4.73.